The van der Waals surface area contributed by atoms with Crippen LogP contribution in [0.3, 0.4) is 0 Å². The topological polar surface area (TPSA) is 21.3 Å². The Balaban J connectivity index is 2.15. The zero-order valence-corrected chi connectivity index (χ0v) is 11.2. The van der Waals surface area contributed by atoms with Crippen molar-refractivity contribution in [2.75, 3.05) is 13.2 Å². The molecule has 1 aromatic rings. The van der Waals surface area contributed by atoms with Gasteiger partial charge in [-0.1, -0.05) is 19.4 Å². The molecule has 0 fully saturated rings. The van der Waals surface area contributed by atoms with Gasteiger partial charge in [0.25, 0.3) is 0 Å². The van der Waals surface area contributed by atoms with Crippen molar-refractivity contribution in [3.8, 4) is 5.75 Å². The molecule has 0 saturated heterocycles. The van der Waals surface area contributed by atoms with Gasteiger partial charge in [0.15, 0.2) is 0 Å². The number of hydrogen-bond donors (Lipinski definition) is 1. The largest absolute Gasteiger partial charge is 0.493 e. The average Bonchev–Trinajstić information content (AvgIpc) is 2.32. The smallest absolute Gasteiger partial charge is 0.124 e. The monoisotopic (exact) mass is 233 g/mol. The Morgan fingerprint density at radius 2 is 2.06 bits per heavy atom. The molecule has 1 aliphatic rings. The molecule has 0 aromatic heterocycles. The highest BCUT2D eigenvalue weighted by Crippen LogP contribution is 2.34. The van der Waals surface area contributed by atoms with Gasteiger partial charge in [-0.15, -0.1) is 0 Å². The molecule has 0 amide bonds. The quantitative estimate of drug-likeness (QED) is 0.803. The van der Waals surface area contributed by atoms with Crippen LogP contribution >= 0.6 is 0 Å². The number of fused-ring (bicyclic) bond motifs is 1. The summed E-state index contributed by atoms with van der Waals surface area (Å²) in [6.45, 7) is 8.49. The summed E-state index contributed by atoms with van der Waals surface area (Å²) in [7, 11) is 0. The zero-order chi connectivity index (χ0) is 12.3. The number of benzene rings is 1. The van der Waals surface area contributed by atoms with Gasteiger partial charge >= 0.3 is 0 Å². The van der Waals surface area contributed by atoms with Crippen molar-refractivity contribution in [1.82, 2.24) is 5.32 Å². The molecule has 0 radical (unpaired) electrons. The third-order valence-corrected chi connectivity index (χ3v) is 3.59. The molecule has 2 heteroatoms. The molecule has 2 rings (SSSR count). The molecule has 1 unspecified atom stereocenters. The van der Waals surface area contributed by atoms with Crippen molar-refractivity contribution in [3.05, 3.63) is 28.8 Å². The van der Waals surface area contributed by atoms with Crippen molar-refractivity contribution >= 4 is 0 Å². The zero-order valence-electron chi connectivity index (χ0n) is 11.2. The first kappa shape index (κ1) is 12.4. The van der Waals surface area contributed by atoms with Gasteiger partial charge in [0.1, 0.15) is 5.75 Å². The van der Waals surface area contributed by atoms with Gasteiger partial charge in [0.05, 0.1) is 6.61 Å². The van der Waals surface area contributed by atoms with Crippen LogP contribution in [0.25, 0.3) is 0 Å². The number of aryl methyl sites for hydroxylation is 2. The molecule has 0 aliphatic carbocycles. The Morgan fingerprint density at radius 3 is 2.82 bits per heavy atom. The van der Waals surface area contributed by atoms with E-state index in [1.54, 1.807) is 0 Å². The number of rotatable bonds is 4. The summed E-state index contributed by atoms with van der Waals surface area (Å²) in [6, 6.07) is 4.94. The first-order valence-electron chi connectivity index (χ1n) is 6.69. The molecular weight excluding hydrogens is 210 g/mol. The fourth-order valence-electron chi connectivity index (χ4n) is 2.32. The lowest BCUT2D eigenvalue weighted by Crippen LogP contribution is -2.28. The van der Waals surface area contributed by atoms with Crippen LogP contribution in [0.5, 0.6) is 5.75 Å². The highest BCUT2D eigenvalue weighted by Gasteiger charge is 2.21. The SMILES string of the molecule is CCCCNC1CCOc2cc(C)c(C)cc21. The molecule has 1 heterocycles. The lowest BCUT2D eigenvalue weighted by atomic mass is 9.96. The Kier molecular flexibility index (Phi) is 4.06. The van der Waals surface area contributed by atoms with Crippen molar-refractivity contribution in [2.45, 2.75) is 46.1 Å². The molecule has 94 valence electrons. The fraction of sp³-hybridized carbons (Fsp3) is 0.600. The van der Waals surface area contributed by atoms with Crippen LogP contribution in [0.4, 0.5) is 0 Å². The third-order valence-electron chi connectivity index (χ3n) is 3.59. The van der Waals surface area contributed by atoms with Gasteiger partial charge in [-0.05, 0) is 44.0 Å². The second-order valence-electron chi connectivity index (χ2n) is 4.97. The van der Waals surface area contributed by atoms with E-state index in [1.165, 1.54) is 29.5 Å². The summed E-state index contributed by atoms with van der Waals surface area (Å²) in [5.74, 6) is 1.08. The van der Waals surface area contributed by atoms with E-state index in [0.29, 0.717) is 6.04 Å². The molecule has 1 N–H and O–H groups in total. The number of unbranched alkanes of at least 4 members (excludes halogenated alkanes) is 1. The Labute approximate surface area is 104 Å². The molecule has 1 atom stereocenters. The van der Waals surface area contributed by atoms with E-state index in [2.05, 4.69) is 38.2 Å². The summed E-state index contributed by atoms with van der Waals surface area (Å²) < 4.78 is 5.76. The minimum absolute atomic E-state index is 0.476. The fourth-order valence-corrected chi connectivity index (χ4v) is 2.32. The molecule has 0 bridgehead atoms. The van der Waals surface area contributed by atoms with Crippen molar-refractivity contribution in [2.24, 2.45) is 0 Å². The van der Waals surface area contributed by atoms with Gasteiger partial charge in [-0.25, -0.2) is 0 Å². The summed E-state index contributed by atoms with van der Waals surface area (Å²) in [5.41, 5.74) is 4.02. The van der Waals surface area contributed by atoms with E-state index in [4.69, 9.17) is 4.74 Å². The maximum absolute atomic E-state index is 5.76. The number of nitrogens with one attached hydrogen (secondary N) is 1. The maximum atomic E-state index is 5.76. The lowest BCUT2D eigenvalue weighted by Gasteiger charge is -2.28. The van der Waals surface area contributed by atoms with E-state index < -0.39 is 0 Å². The summed E-state index contributed by atoms with van der Waals surface area (Å²) >= 11 is 0. The molecule has 0 saturated carbocycles. The molecule has 1 aromatic carbocycles. The van der Waals surface area contributed by atoms with E-state index in [9.17, 15) is 0 Å². The van der Waals surface area contributed by atoms with Gasteiger partial charge in [-0.3, -0.25) is 0 Å². The van der Waals surface area contributed by atoms with Crippen LogP contribution in [0.15, 0.2) is 12.1 Å². The van der Waals surface area contributed by atoms with Crippen LogP contribution in [0.2, 0.25) is 0 Å². The van der Waals surface area contributed by atoms with Crippen molar-refractivity contribution in [1.29, 1.82) is 0 Å². The summed E-state index contributed by atoms with van der Waals surface area (Å²) in [6.07, 6.45) is 3.58. The maximum Gasteiger partial charge on any atom is 0.124 e. The van der Waals surface area contributed by atoms with E-state index in [-0.39, 0.29) is 0 Å². The second-order valence-corrected chi connectivity index (χ2v) is 4.97. The molecule has 0 spiro atoms. The Bertz CT molecular complexity index is 387. The van der Waals surface area contributed by atoms with E-state index in [1.807, 2.05) is 0 Å². The van der Waals surface area contributed by atoms with Gasteiger partial charge in [0, 0.05) is 18.0 Å². The Morgan fingerprint density at radius 1 is 1.29 bits per heavy atom. The van der Waals surface area contributed by atoms with Crippen LogP contribution < -0.4 is 10.1 Å². The van der Waals surface area contributed by atoms with Crippen LogP contribution in [-0.2, 0) is 0 Å². The molecule has 2 nitrogen and oxygen atoms in total. The second kappa shape index (κ2) is 5.54. The standard InChI is InChI=1S/C15H23NO/c1-4-5-7-16-14-6-8-17-15-10-12(3)11(2)9-13(14)15/h9-10,14,16H,4-8H2,1-3H3. The highest BCUT2D eigenvalue weighted by molar-refractivity contribution is 5.44. The molecular formula is C15H23NO. The van der Waals surface area contributed by atoms with Crippen LogP contribution in [0, 0.1) is 13.8 Å². The van der Waals surface area contributed by atoms with Gasteiger partial charge in [-0.2, -0.15) is 0 Å². The third kappa shape index (κ3) is 2.81. The molecule has 1 aliphatic heterocycles. The predicted octanol–water partition coefficient (Wildman–Crippen LogP) is 3.52. The molecule has 17 heavy (non-hydrogen) atoms. The van der Waals surface area contributed by atoms with Crippen molar-refractivity contribution in [3.63, 3.8) is 0 Å². The first-order valence-corrected chi connectivity index (χ1v) is 6.69. The predicted molar refractivity (Wildman–Crippen MR) is 71.7 cm³/mol. The van der Waals surface area contributed by atoms with E-state index in [0.717, 1.165) is 25.3 Å². The van der Waals surface area contributed by atoms with Gasteiger partial charge in [0.2, 0.25) is 0 Å². The van der Waals surface area contributed by atoms with Gasteiger partial charge < -0.3 is 10.1 Å². The normalized spacial score (nSPS) is 18.6. The Hall–Kier alpha value is -1.02. The summed E-state index contributed by atoms with van der Waals surface area (Å²) in [4.78, 5) is 0. The minimum atomic E-state index is 0.476. The first-order chi connectivity index (χ1) is 8.22. The van der Waals surface area contributed by atoms with E-state index >= 15 is 0 Å². The summed E-state index contributed by atoms with van der Waals surface area (Å²) in [5, 5.41) is 3.65. The van der Waals surface area contributed by atoms with Crippen LogP contribution in [0.1, 0.15) is 48.9 Å². The number of hydrogen-bond acceptors (Lipinski definition) is 2. The minimum Gasteiger partial charge on any atom is -0.493 e. The van der Waals surface area contributed by atoms with Crippen molar-refractivity contribution < 1.29 is 4.74 Å². The van der Waals surface area contributed by atoms with Crippen LogP contribution in [-0.4, -0.2) is 13.2 Å². The number of ether oxygens (including phenoxy) is 1. The highest BCUT2D eigenvalue weighted by atomic mass is 16.5. The lowest BCUT2D eigenvalue weighted by molar-refractivity contribution is 0.252. The average molecular weight is 233 g/mol.